The maximum atomic E-state index is 6.12. The third-order valence-corrected chi connectivity index (χ3v) is 3.96. The lowest BCUT2D eigenvalue weighted by molar-refractivity contribution is 0.711. The quantitative estimate of drug-likeness (QED) is 0.872. The number of nitrogens with zero attached hydrogens (tertiary/aromatic N) is 4. The van der Waals surface area contributed by atoms with Gasteiger partial charge in [0, 0.05) is 11.3 Å². The number of aromatic nitrogens is 4. The molecule has 2 aromatic heterocycles. The SMILES string of the molecule is Cc1cc(C)n(-c2nc(N)c(C3CCCC3)c(N)n2)n1. The zero-order valence-electron chi connectivity index (χ0n) is 11.9. The van der Waals surface area contributed by atoms with E-state index < -0.39 is 0 Å². The van der Waals surface area contributed by atoms with Gasteiger partial charge in [0.15, 0.2) is 0 Å². The number of aryl methyl sites for hydroxylation is 2. The minimum Gasteiger partial charge on any atom is -0.383 e. The van der Waals surface area contributed by atoms with Crippen LogP contribution in [0, 0.1) is 13.8 Å². The number of hydrogen-bond donors (Lipinski definition) is 2. The molecule has 0 aliphatic heterocycles. The Hall–Kier alpha value is -2.11. The van der Waals surface area contributed by atoms with Crippen LogP contribution in [0.2, 0.25) is 0 Å². The van der Waals surface area contributed by atoms with Gasteiger partial charge in [-0.1, -0.05) is 12.8 Å². The van der Waals surface area contributed by atoms with E-state index >= 15 is 0 Å². The molecule has 20 heavy (non-hydrogen) atoms. The zero-order valence-corrected chi connectivity index (χ0v) is 11.9. The topological polar surface area (TPSA) is 95.6 Å². The van der Waals surface area contributed by atoms with Crippen molar-refractivity contribution in [1.82, 2.24) is 19.7 Å². The van der Waals surface area contributed by atoms with Crippen LogP contribution in [0.25, 0.3) is 5.95 Å². The Labute approximate surface area is 118 Å². The Bertz CT molecular complexity index is 616. The highest BCUT2D eigenvalue weighted by Gasteiger charge is 2.24. The van der Waals surface area contributed by atoms with Gasteiger partial charge in [-0.15, -0.1) is 0 Å². The predicted octanol–water partition coefficient (Wildman–Crippen LogP) is 2.10. The molecule has 0 aromatic carbocycles. The third-order valence-electron chi connectivity index (χ3n) is 3.96. The summed E-state index contributed by atoms with van der Waals surface area (Å²) in [6.07, 6.45) is 4.69. The maximum Gasteiger partial charge on any atom is 0.254 e. The molecule has 0 spiro atoms. The van der Waals surface area contributed by atoms with Gasteiger partial charge < -0.3 is 11.5 Å². The van der Waals surface area contributed by atoms with Crippen LogP contribution in [0.3, 0.4) is 0 Å². The summed E-state index contributed by atoms with van der Waals surface area (Å²) in [4.78, 5) is 8.82. The molecule has 4 N–H and O–H groups in total. The highest BCUT2D eigenvalue weighted by atomic mass is 15.4. The van der Waals surface area contributed by atoms with Gasteiger partial charge in [0.1, 0.15) is 11.6 Å². The predicted molar refractivity (Wildman–Crippen MR) is 78.7 cm³/mol. The van der Waals surface area contributed by atoms with Crippen molar-refractivity contribution in [3.05, 3.63) is 23.0 Å². The van der Waals surface area contributed by atoms with Crippen LogP contribution >= 0.6 is 0 Å². The Kier molecular flexibility index (Phi) is 3.08. The van der Waals surface area contributed by atoms with Gasteiger partial charge >= 0.3 is 0 Å². The molecule has 3 rings (SSSR count). The molecule has 1 aliphatic carbocycles. The van der Waals surface area contributed by atoms with Crippen LogP contribution in [0.5, 0.6) is 0 Å². The minimum absolute atomic E-state index is 0.407. The van der Waals surface area contributed by atoms with E-state index in [9.17, 15) is 0 Å². The Morgan fingerprint density at radius 3 is 2.20 bits per heavy atom. The highest BCUT2D eigenvalue weighted by Crippen LogP contribution is 2.38. The van der Waals surface area contributed by atoms with Crippen molar-refractivity contribution in [3.8, 4) is 5.95 Å². The first-order valence-corrected chi connectivity index (χ1v) is 7.03. The smallest absolute Gasteiger partial charge is 0.254 e. The van der Waals surface area contributed by atoms with E-state index in [1.807, 2.05) is 19.9 Å². The van der Waals surface area contributed by atoms with Crippen LogP contribution in [-0.2, 0) is 0 Å². The van der Waals surface area contributed by atoms with E-state index in [1.165, 1.54) is 12.8 Å². The normalized spacial score (nSPS) is 15.9. The van der Waals surface area contributed by atoms with E-state index in [0.29, 0.717) is 23.5 Å². The summed E-state index contributed by atoms with van der Waals surface area (Å²) < 4.78 is 1.68. The van der Waals surface area contributed by atoms with Gasteiger partial charge in [0.05, 0.1) is 5.69 Å². The highest BCUT2D eigenvalue weighted by molar-refractivity contribution is 5.57. The second kappa shape index (κ2) is 4.77. The first-order valence-electron chi connectivity index (χ1n) is 7.03. The molecule has 1 aliphatic rings. The van der Waals surface area contributed by atoms with Gasteiger partial charge in [-0.2, -0.15) is 15.1 Å². The molecule has 0 atom stereocenters. The fourth-order valence-corrected chi connectivity index (χ4v) is 3.05. The molecule has 0 radical (unpaired) electrons. The second-order valence-electron chi connectivity index (χ2n) is 5.53. The average Bonchev–Trinajstić information content (AvgIpc) is 2.98. The maximum absolute atomic E-state index is 6.12. The van der Waals surface area contributed by atoms with Crippen LogP contribution in [0.15, 0.2) is 6.07 Å². The molecule has 106 valence electrons. The lowest BCUT2D eigenvalue weighted by Gasteiger charge is -2.15. The Morgan fingerprint density at radius 2 is 1.70 bits per heavy atom. The molecular weight excluding hydrogens is 252 g/mol. The summed E-state index contributed by atoms with van der Waals surface area (Å²) in [5.74, 6) is 1.84. The fourth-order valence-electron chi connectivity index (χ4n) is 3.05. The second-order valence-corrected chi connectivity index (χ2v) is 5.53. The van der Waals surface area contributed by atoms with Crippen molar-refractivity contribution in [2.24, 2.45) is 0 Å². The van der Waals surface area contributed by atoms with Crippen LogP contribution in [0.1, 0.15) is 48.6 Å². The summed E-state index contributed by atoms with van der Waals surface area (Å²) in [5.41, 5.74) is 15.1. The van der Waals surface area contributed by atoms with E-state index in [0.717, 1.165) is 29.8 Å². The van der Waals surface area contributed by atoms with E-state index in [-0.39, 0.29) is 0 Å². The number of hydrogen-bond acceptors (Lipinski definition) is 5. The largest absolute Gasteiger partial charge is 0.383 e. The van der Waals surface area contributed by atoms with Gasteiger partial charge in [-0.3, -0.25) is 0 Å². The van der Waals surface area contributed by atoms with E-state index in [1.54, 1.807) is 4.68 Å². The van der Waals surface area contributed by atoms with Crippen molar-refractivity contribution in [3.63, 3.8) is 0 Å². The van der Waals surface area contributed by atoms with Gasteiger partial charge in [0.25, 0.3) is 5.95 Å². The molecule has 1 fully saturated rings. The van der Waals surface area contributed by atoms with Gasteiger partial charge in [-0.25, -0.2) is 4.68 Å². The van der Waals surface area contributed by atoms with E-state index in [4.69, 9.17) is 11.5 Å². The molecule has 2 aromatic rings. The van der Waals surface area contributed by atoms with Crippen molar-refractivity contribution in [1.29, 1.82) is 0 Å². The van der Waals surface area contributed by atoms with Crippen molar-refractivity contribution in [2.45, 2.75) is 45.4 Å². The lowest BCUT2D eigenvalue weighted by Crippen LogP contribution is -2.14. The number of anilines is 2. The molecule has 2 heterocycles. The van der Waals surface area contributed by atoms with Crippen LogP contribution in [-0.4, -0.2) is 19.7 Å². The zero-order chi connectivity index (χ0) is 14.3. The molecule has 6 heteroatoms. The van der Waals surface area contributed by atoms with Gasteiger partial charge in [0.2, 0.25) is 0 Å². The molecule has 6 nitrogen and oxygen atoms in total. The first-order chi connectivity index (χ1) is 9.56. The fraction of sp³-hybridized carbons (Fsp3) is 0.500. The average molecular weight is 272 g/mol. The molecule has 0 bridgehead atoms. The lowest BCUT2D eigenvalue weighted by atomic mass is 9.99. The first kappa shape index (κ1) is 12.9. The minimum atomic E-state index is 0.407. The van der Waals surface area contributed by atoms with Crippen LogP contribution in [0.4, 0.5) is 11.6 Å². The summed E-state index contributed by atoms with van der Waals surface area (Å²) in [6, 6.07) is 1.97. The standard InChI is InChI=1S/C14H20N6/c1-8-7-9(2)20(19-8)14-17-12(15)11(13(16)18-14)10-5-3-4-6-10/h7,10H,3-6H2,1-2H3,(H4,15,16,17,18). The summed E-state index contributed by atoms with van der Waals surface area (Å²) in [5, 5.41) is 4.37. The summed E-state index contributed by atoms with van der Waals surface area (Å²) in [7, 11) is 0. The molecule has 0 amide bonds. The van der Waals surface area contributed by atoms with Gasteiger partial charge in [-0.05, 0) is 38.7 Å². The molecule has 0 unspecified atom stereocenters. The summed E-state index contributed by atoms with van der Waals surface area (Å²) in [6.45, 7) is 3.89. The number of nitrogens with two attached hydrogens (primary N) is 2. The third kappa shape index (κ3) is 2.11. The molecular formula is C14H20N6. The number of rotatable bonds is 2. The van der Waals surface area contributed by atoms with Crippen LogP contribution < -0.4 is 11.5 Å². The Balaban J connectivity index is 2.05. The Morgan fingerprint density at radius 1 is 1.10 bits per heavy atom. The van der Waals surface area contributed by atoms with Crippen molar-refractivity contribution in [2.75, 3.05) is 11.5 Å². The number of nitrogen functional groups attached to an aromatic ring is 2. The summed E-state index contributed by atoms with van der Waals surface area (Å²) >= 11 is 0. The van der Waals surface area contributed by atoms with E-state index in [2.05, 4.69) is 15.1 Å². The monoisotopic (exact) mass is 272 g/mol. The van der Waals surface area contributed by atoms with Crippen molar-refractivity contribution >= 4 is 11.6 Å². The molecule has 1 saturated carbocycles. The van der Waals surface area contributed by atoms with Crippen molar-refractivity contribution < 1.29 is 0 Å². The molecule has 0 saturated heterocycles.